The van der Waals surface area contributed by atoms with Crippen molar-refractivity contribution >= 4 is 23.4 Å². The van der Waals surface area contributed by atoms with Crippen LogP contribution in [0.5, 0.6) is 0 Å². The van der Waals surface area contributed by atoms with Gasteiger partial charge >= 0.3 is 0 Å². The van der Waals surface area contributed by atoms with Gasteiger partial charge in [0.05, 0.1) is 29.9 Å². The van der Waals surface area contributed by atoms with E-state index in [9.17, 15) is 9.59 Å². The van der Waals surface area contributed by atoms with Crippen LogP contribution in [0.4, 0.5) is 0 Å². The second-order valence-corrected chi connectivity index (χ2v) is 7.64. The van der Waals surface area contributed by atoms with Crippen LogP contribution in [0.1, 0.15) is 45.9 Å². The molecular formula is C22H21ClN4O2. The zero-order valence-electron chi connectivity index (χ0n) is 15.7. The van der Waals surface area contributed by atoms with Crippen molar-refractivity contribution < 1.29 is 9.59 Å². The van der Waals surface area contributed by atoms with Crippen LogP contribution in [0.15, 0.2) is 48.7 Å². The predicted molar refractivity (Wildman–Crippen MR) is 112 cm³/mol. The molecule has 6 nitrogen and oxygen atoms in total. The number of benzene rings is 2. The molecule has 148 valence electrons. The monoisotopic (exact) mass is 408 g/mol. The number of nitrogens with two attached hydrogens (primary N) is 1. The van der Waals surface area contributed by atoms with E-state index in [4.69, 9.17) is 17.3 Å². The Kier molecular flexibility index (Phi) is 5.36. The number of aromatic nitrogens is 2. The smallest absolute Gasteiger partial charge is 0.255 e. The first-order valence-corrected chi connectivity index (χ1v) is 9.90. The van der Waals surface area contributed by atoms with Crippen molar-refractivity contribution in [1.82, 2.24) is 15.5 Å². The number of hydrogen-bond acceptors (Lipinski definition) is 3. The molecule has 4 N–H and O–H groups in total. The molecule has 0 radical (unpaired) electrons. The maximum Gasteiger partial charge on any atom is 0.255 e. The van der Waals surface area contributed by atoms with Crippen LogP contribution in [0.25, 0.3) is 11.3 Å². The van der Waals surface area contributed by atoms with Crippen LogP contribution in [-0.4, -0.2) is 22.0 Å². The van der Waals surface area contributed by atoms with Crippen LogP contribution in [-0.2, 0) is 17.6 Å². The molecule has 0 aliphatic heterocycles. The van der Waals surface area contributed by atoms with Crippen molar-refractivity contribution in [1.29, 1.82) is 0 Å². The number of aryl methyl sites for hydroxylation is 1. The molecule has 7 heteroatoms. The maximum absolute atomic E-state index is 13.1. The zero-order chi connectivity index (χ0) is 20.4. The van der Waals surface area contributed by atoms with Crippen molar-refractivity contribution in [2.45, 2.75) is 31.7 Å². The van der Waals surface area contributed by atoms with Gasteiger partial charge in [-0.15, -0.1) is 0 Å². The van der Waals surface area contributed by atoms with Crippen LogP contribution in [0, 0.1) is 0 Å². The molecule has 1 aromatic heterocycles. The number of rotatable bonds is 6. The lowest BCUT2D eigenvalue weighted by atomic mass is 9.98. The molecule has 0 saturated heterocycles. The number of nitrogens with one attached hydrogen (secondary N) is 2. The molecule has 0 fully saturated rings. The number of primary amides is 1. The normalized spacial score (nSPS) is 13.7. The fraction of sp³-hybridized carbons (Fsp3) is 0.227. The van der Waals surface area contributed by atoms with Crippen LogP contribution in [0.3, 0.4) is 0 Å². The molecule has 1 atom stereocenters. The van der Waals surface area contributed by atoms with Gasteiger partial charge in [-0.1, -0.05) is 41.9 Å². The van der Waals surface area contributed by atoms with Gasteiger partial charge in [0, 0.05) is 10.6 Å². The summed E-state index contributed by atoms with van der Waals surface area (Å²) in [4.78, 5) is 24.7. The van der Waals surface area contributed by atoms with Crippen molar-refractivity contribution in [2.75, 3.05) is 0 Å². The summed E-state index contributed by atoms with van der Waals surface area (Å²) in [5.74, 6) is -0.834. The zero-order valence-corrected chi connectivity index (χ0v) is 16.5. The molecule has 1 aliphatic rings. The maximum atomic E-state index is 13.1. The van der Waals surface area contributed by atoms with Crippen LogP contribution >= 0.6 is 11.6 Å². The topological polar surface area (TPSA) is 101 Å². The molecule has 0 bridgehead atoms. The summed E-state index contributed by atoms with van der Waals surface area (Å²) >= 11 is 6.08. The Balaban J connectivity index is 1.64. The molecule has 29 heavy (non-hydrogen) atoms. The highest BCUT2D eigenvalue weighted by atomic mass is 35.5. The summed E-state index contributed by atoms with van der Waals surface area (Å²) < 4.78 is 0. The summed E-state index contributed by atoms with van der Waals surface area (Å²) in [7, 11) is 0. The Morgan fingerprint density at radius 1 is 1.21 bits per heavy atom. The van der Waals surface area contributed by atoms with E-state index in [-0.39, 0.29) is 12.3 Å². The third-order valence-corrected chi connectivity index (χ3v) is 5.50. The molecule has 2 amide bonds. The van der Waals surface area contributed by atoms with Gasteiger partial charge in [-0.25, -0.2) is 0 Å². The average molecular weight is 409 g/mol. The first-order valence-electron chi connectivity index (χ1n) is 9.52. The molecule has 3 aromatic rings. The van der Waals surface area contributed by atoms with Gasteiger partial charge in [-0.05, 0) is 48.1 Å². The van der Waals surface area contributed by atoms with E-state index in [1.165, 1.54) is 17.3 Å². The number of carbonyl (C=O) groups is 2. The molecule has 1 aliphatic carbocycles. The van der Waals surface area contributed by atoms with Gasteiger partial charge in [0.1, 0.15) is 0 Å². The van der Waals surface area contributed by atoms with E-state index in [0.717, 1.165) is 30.4 Å². The van der Waals surface area contributed by atoms with Crippen LogP contribution in [0.2, 0.25) is 5.02 Å². The van der Waals surface area contributed by atoms with E-state index in [2.05, 4.69) is 21.6 Å². The lowest BCUT2D eigenvalue weighted by Crippen LogP contribution is -2.32. The second kappa shape index (κ2) is 8.09. The highest BCUT2D eigenvalue weighted by molar-refractivity contribution is 6.30. The van der Waals surface area contributed by atoms with Crippen LogP contribution < -0.4 is 11.1 Å². The highest BCUT2D eigenvalue weighted by Crippen LogP contribution is 2.33. The largest absolute Gasteiger partial charge is 0.370 e. The average Bonchev–Trinajstić information content (AvgIpc) is 3.36. The fourth-order valence-corrected chi connectivity index (χ4v) is 4.13. The first kappa shape index (κ1) is 19.2. The Hall–Kier alpha value is -3.12. The first-order chi connectivity index (χ1) is 14.0. The molecule has 2 aromatic carbocycles. The predicted octanol–water partition coefficient (Wildman–Crippen LogP) is 3.57. The number of carbonyl (C=O) groups excluding carboxylic acids is 2. The minimum absolute atomic E-state index is 0.0278. The van der Waals surface area contributed by atoms with Gasteiger partial charge < -0.3 is 11.1 Å². The number of amides is 2. The SMILES string of the molecule is NC(=O)C[C@H](NC(=O)c1cn[nH]c1-c1cccc2c1CCC2)c1cccc(Cl)c1. The molecule has 0 spiro atoms. The number of fused-ring (bicyclic) bond motifs is 1. The van der Waals surface area contributed by atoms with E-state index < -0.39 is 11.9 Å². The third kappa shape index (κ3) is 4.03. The van der Waals surface area contributed by atoms with Crippen molar-refractivity contribution in [3.05, 3.63) is 75.9 Å². The summed E-state index contributed by atoms with van der Waals surface area (Å²) in [5.41, 5.74) is 10.8. The lowest BCUT2D eigenvalue weighted by Gasteiger charge is -2.18. The van der Waals surface area contributed by atoms with E-state index >= 15 is 0 Å². The van der Waals surface area contributed by atoms with Gasteiger partial charge in [0.25, 0.3) is 5.91 Å². The summed E-state index contributed by atoms with van der Waals surface area (Å²) in [6, 6.07) is 12.6. The number of halogens is 1. The number of nitrogens with zero attached hydrogens (tertiary/aromatic N) is 1. The number of hydrogen-bond donors (Lipinski definition) is 3. The Morgan fingerprint density at radius 3 is 2.83 bits per heavy atom. The lowest BCUT2D eigenvalue weighted by molar-refractivity contribution is -0.118. The summed E-state index contributed by atoms with van der Waals surface area (Å²) in [6.45, 7) is 0. The summed E-state index contributed by atoms with van der Waals surface area (Å²) in [5, 5.41) is 10.5. The van der Waals surface area contributed by atoms with Gasteiger partial charge in [-0.3, -0.25) is 14.7 Å². The molecule has 0 saturated carbocycles. The van der Waals surface area contributed by atoms with Crippen molar-refractivity contribution in [3.8, 4) is 11.3 Å². The minimum atomic E-state index is -0.581. The molecule has 1 heterocycles. The van der Waals surface area contributed by atoms with E-state index in [0.29, 0.717) is 16.3 Å². The molecule has 0 unspecified atom stereocenters. The third-order valence-electron chi connectivity index (χ3n) is 5.26. The second-order valence-electron chi connectivity index (χ2n) is 7.21. The van der Waals surface area contributed by atoms with E-state index in [1.54, 1.807) is 24.3 Å². The quantitative estimate of drug-likeness (QED) is 0.581. The minimum Gasteiger partial charge on any atom is -0.370 e. The summed E-state index contributed by atoms with van der Waals surface area (Å²) in [6.07, 6.45) is 4.63. The van der Waals surface area contributed by atoms with Crippen molar-refractivity contribution in [3.63, 3.8) is 0 Å². The highest BCUT2D eigenvalue weighted by Gasteiger charge is 2.24. The Labute approximate surface area is 173 Å². The van der Waals surface area contributed by atoms with E-state index in [1.807, 2.05) is 12.1 Å². The van der Waals surface area contributed by atoms with Gasteiger partial charge in [0.15, 0.2) is 0 Å². The Bertz CT molecular complexity index is 1080. The number of H-pyrrole nitrogens is 1. The number of aromatic amines is 1. The standard InChI is InChI=1S/C22H21ClN4O2/c23-15-7-1-6-14(10-15)19(11-20(24)28)26-22(29)18-12-25-27-21(18)17-9-3-5-13-4-2-8-16(13)17/h1,3,5-7,9-10,12,19H,2,4,8,11H2,(H2,24,28)(H,25,27)(H,26,29)/t19-/m0/s1. The molecular weight excluding hydrogens is 388 g/mol. The van der Waals surface area contributed by atoms with Gasteiger partial charge in [0.2, 0.25) is 5.91 Å². The molecule has 4 rings (SSSR count). The van der Waals surface area contributed by atoms with Gasteiger partial charge in [-0.2, -0.15) is 5.10 Å². The Morgan fingerprint density at radius 2 is 2.03 bits per heavy atom. The fourth-order valence-electron chi connectivity index (χ4n) is 3.93. The van der Waals surface area contributed by atoms with Crippen molar-refractivity contribution in [2.24, 2.45) is 5.73 Å².